The summed E-state index contributed by atoms with van der Waals surface area (Å²) in [5.74, 6) is 1.66. The Morgan fingerprint density at radius 2 is 2.05 bits per heavy atom. The van der Waals surface area contributed by atoms with E-state index < -0.39 is 0 Å². The normalized spacial score (nSPS) is 12.3. The maximum Gasteiger partial charge on any atom is 0.259 e. The molecule has 0 radical (unpaired) electrons. The lowest BCUT2D eigenvalue weighted by atomic mass is 10.2. The first-order valence-corrected chi connectivity index (χ1v) is 6.74. The molecular weight excluding hydrogens is 324 g/mol. The molecule has 1 aromatic heterocycles. The van der Waals surface area contributed by atoms with E-state index in [1.807, 2.05) is 6.07 Å². The van der Waals surface area contributed by atoms with Gasteiger partial charge in [0.15, 0.2) is 11.5 Å². The number of ether oxygens (including phenoxy) is 2. The van der Waals surface area contributed by atoms with E-state index in [0.29, 0.717) is 22.9 Å². The van der Waals surface area contributed by atoms with Crippen molar-refractivity contribution in [1.29, 1.82) is 0 Å². The summed E-state index contributed by atoms with van der Waals surface area (Å²) in [5.41, 5.74) is 0.526. The van der Waals surface area contributed by atoms with Crippen molar-refractivity contribution >= 4 is 27.7 Å². The fourth-order valence-electron chi connectivity index (χ4n) is 1.90. The van der Waals surface area contributed by atoms with E-state index in [1.54, 1.807) is 37.5 Å². The lowest BCUT2D eigenvalue weighted by molar-refractivity contribution is 0.0992. The number of benzene rings is 1. The van der Waals surface area contributed by atoms with Gasteiger partial charge in [-0.1, -0.05) is 15.9 Å². The van der Waals surface area contributed by atoms with Crippen LogP contribution < -0.4 is 14.4 Å². The van der Waals surface area contributed by atoms with Gasteiger partial charge in [0.1, 0.15) is 5.82 Å². The molecular formula is C14H11BrN2O3. The zero-order chi connectivity index (χ0) is 14.1. The molecule has 1 amide bonds. The highest BCUT2D eigenvalue weighted by atomic mass is 79.9. The zero-order valence-corrected chi connectivity index (χ0v) is 12.3. The van der Waals surface area contributed by atoms with Crippen LogP contribution in [0.3, 0.4) is 0 Å². The van der Waals surface area contributed by atoms with Crippen LogP contribution in [-0.2, 0) is 0 Å². The minimum atomic E-state index is -0.158. The van der Waals surface area contributed by atoms with Gasteiger partial charge >= 0.3 is 0 Å². The number of amides is 1. The highest BCUT2D eigenvalue weighted by Crippen LogP contribution is 2.33. The van der Waals surface area contributed by atoms with Gasteiger partial charge in [0.2, 0.25) is 6.79 Å². The van der Waals surface area contributed by atoms with Crippen molar-refractivity contribution < 1.29 is 14.3 Å². The van der Waals surface area contributed by atoms with Crippen molar-refractivity contribution in [3.05, 3.63) is 46.6 Å². The number of halogens is 1. The van der Waals surface area contributed by atoms with Gasteiger partial charge < -0.3 is 9.47 Å². The Morgan fingerprint density at radius 3 is 2.85 bits per heavy atom. The average molecular weight is 335 g/mol. The van der Waals surface area contributed by atoms with E-state index in [4.69, 9.17) is 9.47 Å². The predicted octanol–water partition coefficient (Wildman–Crippen LogP) is 2.85. The lowest BCUT2D eigenvalue weighted by Crippen LogP contribution is -2.26. The molecule has 0 atom stereocenters. The van der Waals surface area contributed by atoms with Crippen LogP contribution in [0.4, 0.5) is 5.82 Å². The Balaban J connectivity index is 1.88. The standard InChI is InChI=1S/C14H11BrN2O3/c1-17(13-7-10(15)4-5-16-13)14(18)9-2-3-11-12(6-9)20-8-19-11/h2-7H,8H2,1H3. The van der Waals surface area contributed by atoms with Gasteiger partial charge in [-0.25, -0.2) is 4.98 Å². The number of aromatic nitrogens is 1. The fraction of sp³-hybridized carbons (Fsp3) is 0.143. The zero-order valence-electron chi connectivity index (χ0n) is 10.7. The van der Waals surface area contributed by atoms with E-state index in [0.717, 1.165) is 4.47 Å². The summed E-state index contributed by atoms with van der Waals surface area (Å²) >= 11 is 3.36. The second-order valence-electron chi connectivity index (χ2n) is 4.26. The van der Waals surface area contributed by atoms with Crippen molar-refractivity contribution in [2.75, 3.05) is 18.7 Å². The minimum Gasteiger partial charge on any atom is -0.454 e. The quantitative estimate of drug-likeness (QED) is 0.847. The molecule has 3 rings (SSSR count). The Morgan fingerprint density at radius 1 is 1.25 bits per heavy atom. The van der Waals surface area contributed by atoms with Gasteiger partial charge in [0, 0.05) is 23.3 Å². The van der Waals surface area contributed by atoms with Crippen LogP contribution in [0.25, 0.3) is 0 Å². The number of hydrogen-bond donors (Lipinski definition) is 0. The summed E-state index contributed by atoms with van der Waals surface area (Å²) in [6, 6.07) is 8.72. The molecule has 0 unspecified atom stereocenters. The molecule has 0 saturated heterocycles. The Kier molecular flexibility index (Phi) is 3.31. The number of fused-ring (bicyclic) bond motifs is 1. The van der Waals surface area contributed by atoms with Gasteiger partial charge in [0.25, 0.3) is 5.91 Å². The van der Waals surface area contributed by atoms with Crippen molar-refractivity contribution in [3.8, 4) is 11.5 Å². The number of anilines is 1. The molecule has 5 nitrogen and oxygen atoms in total. The summed E-state index contributed by atoms with van der Waals surface area (Å²) in [6.45, 7) is 0.190. The van der Waals surface area contributed by atoms with E-state index in [9.17, 15) is 4.79 Å². The molecule has 0 spiro atoms. The molecule has 20 heavy (non-hydrogen) atoms. The van der Waals surface area contributed by atoms with Crippen molar-refractivity contribution in [2.24, 2.45) is 0 Å². The predicted molar refractivity (Wildman–Crippen MR) is 77.2 cm³/mol. The van der Waals surface area contributed by atoms with E-state index in [1.165, 1.54) is 4.90 Å². The molecule has 0 N–H and O–H groups in total. The molecule has 0 fully saturated rings. The third-order valence-corrected chi connectivity index (χ3v) is 3.47. The molecule has 0 aliphatic carbocycles. The van der Waals surface area contributed by atoms with Gasteiger partial charge in [0.05, 0.1) is 0 Å². The number of carbonyl (C=O) groups excluding carboxylic acids is 1. The smallest absolute Gasteiger partial charge is 0.259 e. The van der Waals surface area contributed by atoms with Crippen LogP contribution >= 0.6 is 15.9 Å². The number of carbonyl (C=O) groups is 1. The summed E-state index contributed by atoms with van der Waals surface area (Å²) in [4.78, 5) is 18.1. The van der Waals surface area contributed by atoms with Crippen LogP contribution in [0.5, 0.6) is 11.5 Å². The summed E-state index contributed by atoms with van der Waals surface area (Å²) in [7, 11) is 1.68. The van der Waals surface area contributed by atoms with Crippen molar-refractivity contribution in [2.45, 2.75) is 0 Å². The van der Waals surface area contributed by atoms with Gasteiger partial charge in [-0.2, -0.15) is 0 Å². The largest absolute Gasteiger partial charge is 0.454 e. The number of rotatable bonds is 2. The third-order valence-electron chi connectivity index (χ3n) is 2.98. The maximum atomic E-state index is 12.4. The number of hydrogen-bond acceptors (Lipinski definition) is 4. The van der Waals surface area contributed by atoms with Crippen LogP contribution in [0.1, 0.15) is 10.4 Å². The van der Waals surface area contributed by atoms with Gasteiger partial charge in [-0.05, 0) is 30.3 Å². The van der Waals surface area contributed by atoms with Gasteiger partial charge in [-0.3, -0.25) is 9.69 Å². The highest BCUT2D eigenvalue weighted by Gasteiger charge is 2.19. The molecule has 1 aliphatic heterocycles. The fourth-order valence-corrected chi connectivity index (χ4v) is 2.23. The van der Waals surface area contributed by atoms with Gasteiger partial charge in [-0.15, -0.1) is 0 Å². The van der Waals surface area contributed by atoms with Crippen molar-refractivity contribution in [1.82, 2.24) is 4.98 Å². The Labute approximate surface area is 124 Å². The summed E-state index contributed by atoms with van der Waals surface area (Å²) in [5, 5.41) is 0. The van der Waals surface area contributed by atoms with Crippen LogP contribution in [0.15, 0.2) is 41.0 Å². The number of nitrogens with zero attached hydrogens (tertiary/aromatic N) is 2. The maximum absolute atomic E-state index is 12.4. The molecule has 2 heterocycles. The summed E-state index contributed by atoms with van der Waals surface area (Å²) < 4.78 is 11.4. The Hall–Kier alpha value is -2.08. The SMILES string of the molecule is CN(C(=O)c1ccc2c(c1)OCO2)c1cc(Br)ccn1. The van der Waals surface area contributed by atoms with E-state index in [-0.39, 0.29) is 12.7 Å². The first-order chi connectivity index (χ1) is 9.65. The molecule has 6 heteroatoms. The third kappa shape index (κ3) is 2.34. The van der Waals surface area contributed by atoms with Crippen LogP contribution in [0.2, 0.25) is 0 Å². The van der Waals surface area contributed by atoms with Crippen LogP contribution in [-0.4, -0.2) is 24.7 Å². The van der Waals surface area contributed by atoms with E-state index in [2.05, 4.69) is 20.9 Å². The molecule has 0 saturated carbocycles. The first kappa shape index (κ1) is 12.9. The highest BCUT2D eigenvalue weighted by molar-refractivity contribution is 9.10. The topological polar surface area (TPSA) is 51.7 Å². The second kappa shape index (κ2) is 5.13. The molecule has 0 bridgehead atoms. The molecule has 1 aromatic carbocycles. The molecule has 2 aromatic rings. The summed E-state index contributed by atoms with van der Waals surface area (Å²) in [6.07, 6.45) is 1.64. The Bertz CT molecular complexity index is 675. The number of pyridine rings is 1. The first-order valence-electron chi connectivity index (χ1n) is 5.94. The van der Waals surface area contributed by atoms with E-state index >= 15 is 0 Å². The second-order valence-corrected chi connectivity index (χ2v) is 5.18. The molecule has 1 aliphatic rings. The minimum absolute atomic E-state index is 0.158. The monoisotopic (exact) mass is 334 g/mol. The van der Waals surface area contributed by atoms with Crippen LogP contribution in [0, 0.1) is 0 Å². The average Bonchev–Trinajstić information content (AvgIpc) is 2.93. The van der Waals surface area contributed by atoms with Crippen molar-refractivity contribution in [3.63, 3.8) is 0 Å². The molecule has 102 valence electrons. The lowest BCUT2D eigenvalue weighted by Gasteiger charge is -2.16.